The van der Waals surface area contributed by atoms with Crippen molar-refractivity contribution < 1.29 is 24.5 Å². The molecule has 2 aromatic heterocycles. The van der Waals surface area contributed by atoms with Crippen LogP contribution in [0.1, 0.15) is 0 Å². The molecule has 1 radical (unpaired) electrons. The minimum absolute atomic E-state index is 0. The Bertz CT molecular complexity index is 1180. The molecule has 0 N–H and O–H groups in total. The molecule has 0 aliphatic carbocycles. The summed E-state index contributed by atoms with van der Waals surface area (Å²) in [6.45, 7) is 0. The van der Waals surface area contributed by atoms with Gasteiger partial charge in [-0.25, -0.2) is 4.39 Å². The number of pyridine rings is 2. The molecule has 3 aromatic carbocycles. The molecule has 0 fully saturated rings. The number of aromatic nitrogens is 2. The van der Waals surface area contributed by atoms with Gasteiger partial charge < -0.3 is 9.97 Å². The predicted octanol–water partition coefficient (Wildman–Crippen LogP) is 6.90. The minimum Gasteiger partial charge on any atom is -0.305 e. The van der Waals surface area contributed by atoms with Gasteiger partial charge in [0.2, 0.25) is 0 Å². The Hall–Kier alpha value is -3.46. The van der Waals surface area contributed by atoms with E-state index in [1.807, 2.05) is 72.9 Å². The van der Waals surface area contributed by atoms with Crippen molar-refractivity contribution in [1.29, 1.82) is 0 Å². The van der Waals surface area contributed by atoms with Gasteiger partial charge in [0.25, 0.3) is 0 Å². The maximum absolute atomic E-state index is 12.8. The maximum atomic E-state index is 12.8. The predicted molar refractivity (Wildman–Crippen MR) is 122 cm³/mol. The molecule has 0 aliphatic rings. The first-order valence-electron chi connectivity index (χ1n) is 9.87. The second-order valence-electron chi connectivity index (χ2n) is 6.70. The van der Waals surface area contributed by atoms with Crippen molar-refractivity contribution in [3.8, 4) is 33.6 Å². The summed E-state index contributed by atoms with van der Waals surface area (Å²) in [5, 5.41) is 0. The van der Waals surface area contributed by atoms with E-state index in [1.165, 1.54) is 17.2 Å². The van der Waals surface area contributed by atoms with E-state index in [-0.39, 0.29) is 25.9 Å². The fourth-order valence-electron chi connectivity index (χ4n) is 3.05. The summed E-state index contributed by atoms with van der Waals surface area (Å²) >= 11 is 0. The molecule has 0 bridgehead atoms. The molecule has 2 heterocycles. The van der Waals surface area contributed by atoms with Crippen molar-refractivity contribution in [3.05, 3.63) is 133 Å². The SMILES string of the molecule is Fc1[c-]c(-c2ccccn2)ccc1.[Ir].[c-]1ccccc1-c1cc(-c2ccccc2)ccn1. The van der Waals surface area contributed by atoms with Gasteiger partial charge in [-0.15, -0.1) is 65.7 Å². The Balaban J connectivity index is 0.000000184. The van der Waals surface area contributed by atoms with Crippen molar-refractivity contribution in [2.45, 2.75) is 0 Å². The van der Waals surface area contributed by atoms with Crippen LogP contribution in [0.5, 0.6) is 0 Å². The van der Waals surface area contributed by atoms with Gasteiger partial charge in [0.1, 0.15) is 0 Å². The molecule has 4 heteroatoms. The van der Waals surface area contributed by atoms with Crippen LogP contribution in [0.25, 0.3) is 33.6 Å². The molecule has 0 saturated heterocycles. The zero-order chi connectivity index (χ0) is 21.3. The second-order valence-corrected chi connectivity index (χ2v) is 6.70. The van der Waals surface area contributed by atoms with Crippen molar-refractivity contribution in [2.24, 2.45) is 0 Å². The van der Waals surface area contributed by atoms with E-state index >= 15 is 0 Å². The van der Waals surface area contributed by atoms with Gasteiger partial charge in [-0.3, -0.25) is 0 Å². The molecule has 5 aromatic rings. The van der Waals surface area contributed by atoms with E-state index in [0.717, 1.165) is 17.0 Å². The summed E-state index contributed by atoms with van der Waals surface area (Å²) < 4.78 is 12.8. The van der Waals surface area contributed by atoms with Crippen LogP contribution < -0.4 is 0 Å². The molecule has 0 aliphatic heterocycles. The van der Waals surface area contributed by atoms with Crippen molar-refractivity contribution in [3.63, 3.8) is 0 Å². The summed E-state index contributed by atoms with van der Waals surface area (Å²) in [6, 6.07) is 38.5. The zero-order valence-corrected chi connectivity index (χ0v) is 19.5. The van der Waals surface area contributed by atoms with Gasteiger partial charge in [-0.05, 0) is 34.6 Å². The molecule has 0 atom stereocenters. The van der Waals surface area contributed by atoms with E-state index in [4.69, 9.17) is 0 Å². The van der Waals surface area contributed by atoms with Gasteiger partial charge in [-0.1, -0.05) is 48.5 Å². The molecule has 0 unspecified atom stereocenters. The van der Waals surface area contributed by atoms with Gasteiger partial charge in [0, 0.05) is 38.3 Å². The van der Waals surface area contributed by atoms with Crippen LogP contribution >= 0.6 is 0 Å². The smallest absolute Gasteiger partial charge is 0.0405 e. The Kier molecular flexibility index (Phi) is 8.56. The molecular formula is C28H19FIrN2-2. The molecule has 2 nitrogen and oxygen atoms in total. The van der Waals surface area contributed by atoms with E-state index in [1.54, 1.807) is 18.3 Å². The van der Waals surface area contributed by atoms with Crippen molar-refractivity contribution in [1.82, 2.24) is 9.97 Å². The maximum Gasteiger partial charge on any atom is 0.0405 e. The molecule has 32 heavy (non-hydrogen) atoms. The number of nitrogens with zero attached hydrogens (tertiary/aromatic N) is 2. The largest absolute Gasteiger partial charge is 0.305 e. The fourth-order valence-corrected chi connectivity index (χ4v) is 3.05. The first kappa shape index (κ1) is 23.2. The van der Waals surface area contributed by atoms with Crippen molar-refractivity contribution >= 4 is 0 Å². The molecule has 5 rings (SSSR count). The number of halogens is 1. The van der Waals surface area contributed by atoms with Gasteiger partial charge in [0.05, 0.1) is 0 Å². The summed E-state index contributed by atoms with van der Waals surface area (Å²) in [4.78, 5) is 8.50. The minimum atomic E-state index is -0.358. The number of rotatable bonds is 3. The van der Waals surface area contributed by atoms with Gasteiger partial charge in [0.15, 0.2) is 0 Å². The quantitative estimate of drug-likeness (QED) is 0.213. The van der Waals surface area contributed by atoms with Crippen LogP contribution in [0.15, 0.2) is 116 Å². The van der Waals surface area contributed by atoms with Crippen LogP contribution in [0.3, 0.4) is 0 Å². The number of hydrogen-bond donors (Lipinski definition) is 0. The molecular weight excluding hydrogens is 576 g/mol. The van der Waals surface area contributed by atoms with E-state index < -0.39 is 0 Å². The Labute approximate surface area is 201 Å². The Morgan fingerprint density at radius 3 is 2.06 bits per heavy atom. The molecule has 0 spiro atoms. The van der Waals surface area contributed by atoms with E-state index in [2.05, 4.69) is 40.3 Å². The average molecular weight is 595 g/mol. The first-order chi connectivity index (χ1) is 15.3. The molecule has 159 valence electrons. The third-order valence-electron chi connectivity index (χ3n) is 4.55. The molecule has 0 amide bonds. The second kappa shape index (κ2) is 11.8. The fraction of sp³-hybridized carbons (Fsp3) is 0. The Morgan fingerprint density at radius 2 is 1.34 bits per heavy atom. The standard InChI is InChI=1S/C17H12N.C11H7FN.Ir/c1-3-7-14(8-4-1)16-11-12-18-17(13-16)15-9-5-2-6-10-15;12-10-5-3-4-9(8-10)11-6-1-2-7-13-11;/h1-9,11-13H;1-7H;/q2*-1;. The topological polar surface area (TPSA) is 25.8 Å². The van der Waals surface area contributed by atoms with E-state index in [9.17, 15) is 4.39 Å². The van der Waals surface area contributed by atoms with Crippen LogP contribution in [0, 0.1) is 17.9 Å². The number of hydrogen-bond acceptors (Lipinski definition) is 2. The summed E-state index contributed by atoms with van der Waals surface area (Å²) in [7, 11) is 0. The third-order valence-corrected chi connectivity index (χ3v) is 4.55. The summed E-state index contributed by atoms with van der Waals surface area (Å²) in [6.07, 6.45) is 3.52. The van der Waals surface area contributed by atoms with E-state index in [0.29, 0.717) is 5.56 Å². The summed E-state index contributed by atoms with van der Waals surface area (Å²) in [5.74, 6) is -0.358. The van der Waals surface area contributed by atoms with Crippen LogP contribution in [0.2, 0.25) is 0 Å². The summed E-state index contributed by atoms with van der Waals surface area (Å²) in [5.41, 5.74) is 5.78. The average Bonchev–Trinajstić information content (AvgIpc) is 2.86. The normalized spacial score (nSPS) is 9.78. The molecule has 0 saturated carbocycles. The number of benzene rings is 3. The van der Waals surface area contributed by atoms with Crippen LogP contribution in [-0.2, 0) is 20.1 Å². The van der Waals surface area contributed by atoms with Gasteiger partial charge >= 0.3 is 0 Å². The third kappa shape index (κ3) is 6.27. The first-order valence-corrected chi connectivity index (χ1v) is 9.87. The Morgan fingerprint density at radius 1 is 0.594 bits per heavy atom. The van der Waals surface area contributed by atoms with Crippen LogP contribution in [0.4, 0.5) is 4.39 Å². The van der Waals surface area contributed by atoms with Crippen molar-refractivity contribution in [2.75, 3.05) is 0 Å². The van der Waals surface area contributed by atoms with Gasteiger partial charge in [-0.2, -0.15) is 0 Å². The zero-order valence-electron chi connectivity index (χ0n) is 17.1. The van der Waals surface area contributed by atoms with Crippen LogP contribution in [-0.4, -0.2) is 9.97 Å². The monoisotopic (exact) mass is 595 g/mol.